The van der Waals surface area contributed by atoms with Crippen LogP contribution in [0.5, 0.6) is 0 Å². The molecule has 0 saturated heterocycles. The Labute approximate surface area is 133 Å². The van der Waals surface area contributed by atoms with Gasteiger partial charge >= 0.3 is 0 Å². The van der Waals surface area contributed by atoms with Crippen molar-refractivity contribution in [3.8, 4) is 0 Å². The number of aryl methyl sites for hydroxylation is 2. The van der Waals surface area contributed by atoms with Crippen LogP contribution < -0.4 is 5.32 Å². The minimum absolute atomic E-state index is 0.138. The van der Waals surface area contributed by atoms with E-state index in [9.17, 15) is 4.79 Å². The molecule has 0 aliphatic carbocycles. The van der Waals surface area contributed by atoms with Crippen LogP contribution in [0.1, 0.15) is 31.3 Å². The third-order valence-corrected chi connectivity index (χ3v) is 3.70. The third kappa shape index (κ3) is 2.94. The maximum absolute atomic E-state index is 12.4. The van der Waals surface area contributed by atoms with E-state index < -0.39 is 5.54 Å². The molecular weight excluding hydrogens is 294 g/mol. The lowest BCUT2D eigenvalue weighted by Crippen LogP contribution is -2.42. The van der Waals surface area contributed by atoms with Crippen molar-refractivity contribution in [2.24, 2.45) is 7.05 Å². The summed E-state index contributed by atoms with van der Waals surface area (Å²) in [5.74, 6) is 0.786. The fraction of sp³-hybridized carbons (Fsp3) is 0.375. The largest absolute Gasteiger partial charge is 0.343 e. The maximum atomic E-state index is 12.4. The van der Waals surface area contributed by atoms with E-state index in [0.29, 0.717) is 11.7 Å². The van der Waals surface area contributed by atoms with Gasteiger partial charge < -0.3 is 9.84 Å². The minimum Gasteiger partial charge on any atom is -0.343 e. The van der Waals surface area contributed by atoms with Crippen LogP contribution in [0.4, 0.5) is 0 Å². The number of rotatable bonds is 4. The van der Waals surface area contributed by atoms with Crippen molar-refractivity contribution in [3.63, 3.8) is 0 Å². The number of carbonyl (C=O) groups excluding carboxylic acids is 1. The Kier molecular flexibility index (Phi) is 3.63. The van der Waals surface area contributed by atoms with Gasteiger partial charge in [-0.1, -0.05) is 23.4 Å². The molecule has 3 aromatic rings. The number of hydrogen-bond donors (Lipinski definition) is 1. The molecule has 120 valence electrons. The van der Waals surface area contributed by atoms with Gasteiger partial charge in [0.25, 0.3) is 0 Å². The second kappa shape index (κ2) is 5.49. The quantitative estimate of drug-likeness (QED) is 0.794. The van der Waals surface area contributed by atoms with Crippen LogP contribution in [0, 0.1) is 6.92 Å². The summed E-state index contributed by atoms with van der Waals surface area (Å²) >= 11 is 0. The topological polar surface area (TPSA) is 85.8 Å². The van der Waals surface area contributed by atoms with Crippen molar-refractivity contribution < 1.29 is 9.32 Å². The van der Waals surface area contributed by atoms with Crippen molar-refractivity contribution in [1.29, 1.82) is 0 Å². The fourth-order valence-electron chi connectivity index (χ4n) is 2.57. The second-order valence-electron chi connectivity index (χ2n) is 6.07. The molecule has 0 saturated carbocycles. The molecule has 1 amide bonds. The smallest absolute Gasteiger partial charge is 0.226 e. The minimum atomic E-state index is -0.709. The summed E-state index contributed by atoms with van der Waals surface area (Å²) in [6, 6.07) is 7.85. The molecule has 7 heteroatoms. The first kappa shape index (κ1) is 15.2. The summed E-state index contributed by atoms with van der Waals surface area (Å²) in [5.41, 5.74) is 1.04. The first-order valence-electron chi connectivity index (χ1n) is 7.39. The lowest BCUT2D eigenvalue weighted by molar-refractivity contribution is -0.122. The Bertz CT molecular complexity index is 862. The van der Waals surface area contributed by atoms with Crippen molar-refractivity contribution in [1.82, 2.24) is 25.2 Å². The highest BCUT2D eigenvalue weighted by atomic mass is 16.5. The number of nitrogens with one attached hydrogen (secondary N) is 1. The number of aromatic nitrogens is 4. The molecule has 1 N–H and O–H groups in total. The Balaban J connectivity index is 1.79. The molecule has 23 heavy (non-hydrogen) atoms. The van der Waals surface area contributed by atoms with E-state index in [0.717, 1.165) is 16.6 Å². The summed E-state index contributed by atoms with van der Waals surface area (Å²) in [5, 5.41) is 12.2. The number of para-hydroxylation sites is 1. The third-order valence-electron chi connectivity index (χ3n) is 3.70. The van der Waals surface area contributed by atoms with Gasteiger partial charge in [-0.25, -0.2) is 0 Å². The SMILES string of the molecule is Cc1nc(C(C)(C)NC(=O)Cc2nn(C)c3ccccc23)no1. The van der Waals surface area contributed by atoms with Crippen LogP contribution >= 0.6 is 0 Å². The number of hydrogen-bond acceptors (Lipinski definition) is 5. The highest BCUT2D eigenvalue weighted by Gasteiger charge is 2.28. The van der Waals surface area contributed by atoms with E-state index in [1.54, 1.807) is 11.6 Å². The number of amides is 1. The zero-order valence-electron chi connectivity index (χ0n) is 13.6. The lowest BCUT2D eigenvalue weighted by Gasteiger charge is -2.22. The zero-order valence-corrected chi connectivity index (χ0v) is 13.6. The van der Waals surface area contributed by atoms with Crippen molar-refractivity contribution >= 4 is 16.8 Å². The predicted molar refractivity (Wildman–Crippen MR) is 84.6 cm³/mol. The van der Waals surface area contributed by atoms with E-state index in [1.807, 2.05) is 45.2 Å². The van der Waals surface area contributed by atoms with Crippen LogP contribution in [0.15, 0.2) is 28.8 Å². The van der Waals surface area contributed by atoms with Crippen molar-refractivity contribution in [2.75, 3.05) is 0 Å². The van der Waals surface area contributed by atoms with E-state index in [-0.39, 0.29) is 12.3 Å². The number of benzene rings is 1. The van der Waals surface area contributed by atoms with Gasteiger partial charge in [-0.05, 0) is 19.9 Å². The molecule has 0 spiro atoms. The highest BCUT2D eigenvalue weighted by molar-refractivity contribution is 5.87. The predicted octanol–water partition coefficient (Wildman–Crippen LogP) is 1.86. The van der Waals surface area contributed by atoms with Crippen molar-refractivity contribution in [2.45, 2.75) is 32.7 Å². The molecule has 2 heterocycles. The van der Waals surface area contributed by atoms with Gasteiger partial charge in [-0.3, -0.25) is 9.48 Å². The lowest BCUT2D eigenvalue weighted by atomic mass is 10.0. The summed E-state index contributed by atoms with van der Waals surface area (Å²) in [6.07, 6.45) is 0.196. The second-order valence-corrected chi connectivity index (χ2v) is 6.07. The Morgan fingerprint density at radius 1 is 1.35 bits per heavy atom. The standard InChI is InChI=1S/C16H19N5O2/c1-10-17-15(20-23-10)16(2,3)18-14(22)9-12-11-7-5-6-8-13(11)21(4)19-12/h5-8H,9H2,1-4H3,(H,18,22). The molecule has 0 radical (unpaired) electrons. The monoisotopic (exact) mass is 313 g/mol. The summed E-state index contributed by atoms with van der Waals surface area (Å²) in [6.45, 7) is 5.39. The molecule has 0 unspecified atom stereocenters. The van der Waals surface area contributed by atoms with E-state index in [2.05, 4.69) is 20.6 Å². The summed E-state index contributed by atoms with van der Waals surface area (Å²) in [4.78, 5) is 16.6. The first-order valence-corrected chi connectivity index (χ1v) is 7.39. The van der Waals surface area contributed by atoms with Gasteiger partial charge in [0.2, 0.25) is 11.8 Å². The van der Waals surface area contributed by atoms with E-state index in [4.69, 9.17) is 4.52 Å². The molecular formula is C16H19N5O2. The molecule has 2 aromatic heterocycles. The van der Waals surface area contributed by atoms with E-state index in [1.165, 1.54) is 0 Å². The highest BCUT2D eigenvalue weighted by Crippen LogP contribution is 2.20. The van der Waals surface area contributed by atoms with Crippen molar-refractivity contribution in [3.05, 3.63) is 41.7 Å². The Morgan fingerprint density at radius 3 is 2.78 bits per heavy atom. The molecule has 3 rings (SSSR count). The summed E-state index contributed by atoms with van der Waals surface area (Å²) in [7, 11) is 1.87. The molecule has 7 nitrogen and oxygen atoms in total. The average Bonchev–Trinajstić information content (AvgIpc) is 3.04. The van der Waals surface area contributed by atoms with Gasteiger partial charge in [0, 0.05) is 19.4 Å². The van der Waals surface area contributed by atoms with Crippen LogP contribution in [0.25, 0.3) is 10.9 Å². The van der Waals surface area contributed by atoms with Crippen LogP contribution in [-0.4, -0.2) is 25.8 Å². The molecule has 0 aliphatic heterocycles. The van der Waals surface area contributed by atoms with Crippen LogP contribution in [-0.2, 0) is 23.8 Å². The average molecular weight is 313 g/mol. The maximum Gasteiger partial charge on any atom is 0.226 e. The summed E-state index contributed by atoms with van der Waals surface area (Å²) < 4.78 is 6.77. The fourth-order valence-corrected chi connectivity index (χ4v) is 2.57. The normalized spacial score (nSPS) is 11.8. The van der Waals surface area contributed by atoms with Gasteiger partial charge in [0.05, 0.1) is 23.2 Å². The Morgan fingerprint density at radius 2 is 2.09 bits per heavy atom. The van der Waals surface area contributed by atoms with Crippen LogP contribution in [0.2, 0.25) is 0 Å². The number of carbonyl (C=O) groups is 1. The van der Waals surface area contributed by atoms with Gasteiger partial charge in [0.15, 0.2) is 5.82 Å². The molecule has 1 aromatic carbocycles. The van der Waals surface area contributed by atoms with Gasteiger partial charge in [0.1, 0.15) is 0 Å². The first-order chi connectivity index (χ1) is 10.9. The molecule has 0 fully saturated rings. The molecule has 0 aliphatic rings. The number of nitrogens with zero attached hydrogens (tertiary/aromatic N) is 4. The van der Waals surface area contributed by atoms with E-state index >= 15 is 0 Å². The van der Waals surface area contributed by atoms with Crippen LogP contribution in [0.3, 0.4) is 0 Å². The van der Waals surface area contributed by atoms with Gasteiger partial charge in [-0.2, -0.15) is 10.1 Å². The Hall–Kier alpha value is -2.70. The molecule has 0 atom stereocenters. The molecule has 0 bridgehead atoms. The number of fused-ring (bicyclic) bond motifs is 1. The van der Waals surface area contributed by atoms with Gasteiger partial charge in [-0.15, -0.1) is 0 Å². The zero-order chi connectivity index (χ0) is 16.6.